The third-order valence-corrected chi connectivity index (χ3v) is 5.73. The first kappa shape index (κ1) is 19.2. The second-order valence-electron chi connectivity index (χ2n) is 6.47. The number of fused-ring (bicyclic) bond motifs is 1. The smallest absolute Gasteiger partial charge is 0.200 e. The van der Waals surface area contributed by atoms with Gasteiger partial charge >= 0.3 is 0 Å². The summed E-state index contributed by atoms with van der Waals surface area (Å²) < 4.78 is 16.6. The first-order valence-corrected chi connectivity index (χ1v) is 9.96. The molecule has 1 heterocycles. The number of carbonyl (C=O) groups excluding carboxylic acids is 1. The van der Waals surface area contributed by atoms with Crippen molar-refractivity contribution < 1.29 is 19.0 Å². The van der Waals surface area contributed by atoms with Crippen LogP contribution in [0.4, 0.5) is 0 Å². The molecular weight excluding hydrogens is 384 g/mol. The average molecular weight is 404 g/mol. The SMILES string of the molecule is COc1ccc(OC)c(COc2ccc(/C=C3\Sc4ccccc4C3=O)cc2)c1. The number of allylic oxidation sites excluding steroid dienone is 1. The summed E-state index contributed by atoms with van der Waals surface area (Å²) >= 11 is 1.51. The highest BCUT2D eigenvalue weighted by Gasteiger charge is 2.24. The van der Waals surface area contributed by atoms with Crippen LogP contribution in [-0.2, 0) is 6.61 Å². The Morgan fingerprint density at radius 2 is 1.66 bits per heavy atom. The van der Waals surface area contributed by atoms with Crippen molar-refractivity contribution in [1.82, 2.24) is 0 Å². The Hall–Kier alpha value is -3.18. The molecule has 0 radical (unpaired) electrons. The third kappa shape index (κ3) is 4.15. The lowest BCUT2D eigenvalue weighted by molar-refractivity contribution is 0.104. The number of Topliss-reactive ketones (excluding diaryl/α,β-unsaturated/α-hetero) is 1. The van der Waals surface area contributed by atoms with Crippen LogP contribution >= 0.6 is 11.8 Å². The van der Waals surface area contributed by atoms with Gasteiger partial charge in [-0.2, -0.15) is 0 Å². The molecule has 0 atom stereocenters. The number of hydrogen-bond acceptors (Lipinski definition) is 5. The van der Waals surface area contributed by atoms with Gasteiger partial charge in [-0.3, -0.25) is 4.79 Å². The van der Waals surface area contributed by atoms with Gasteiger partial charge < -0.3 is 14.2 Å². The van der Waals surface area contributed by atoms with Crippen molar-refractivity contribution in [3.05, 3.63) is 88.3 Å². The van der Waals surface area contributed by atoms with E-state index in [4.69, 9.17) is 14.2 Å². The van der Waals surface area contributed by atoms with E-state index >= 15 is 0 Å². The monoisotopic (exact) mass is 404 g/mol. The summed E-state index contributed by atoms with van der Waals surface area (Å²) in [7, 11) is 3.26. The topological polar surface area (TPSA) is 44.8 Å². The molecule has 29 heavy (non-hydrogen) atoms. The molecule has 5 heteroatoms. The van der Waals surface area contributed by atoms with Crippen molar-refractivity contribution in [1.29, 1.82) is 0 Å². The third-order valence-electron chi connectivity index (χ3n) is 4.64. The molecule has 146 valence electrons. The Labute approximate surface area is 174 Å². The Kier molecular flexibility index (Phi) is 5.58. The summed E-state index contributed by atoms with van der Waals surface area (Å²) in [5, 5.41) is 0. The Morgan fingerprint density at radius 1 is 0.897 bits per heavy atom. The van der Waals surface area contributed by atoms with Crippen LogP contribution in [-0.4, -0.2) is 20.0 Å². The number of ketones is 1. The fourth-order valence-corrected chi connectivity index (χ4v) is 4.16. The number of hydrogen-bond donors (Lipinski definition) is 0. The van der Waals surface area contributed by atoms with E-state index in [9.17, 15) is 4.79 Å². The largest absolute Gasteiger partial charge is 0.497 e. The van der Waals surface area contributed by atoms with Gasteiger partial charge in [0.2, 0.25) is 5.78 Å². The minimum absolute atomic E-state index is 0.0797. The molecule has 0 fully saturated rings. The second-order valence-corrected chi connectivity index (χ2v) is 7.56. The van der Waals surface area contributed by atoms with Crippen LogP contribution < -0.4 is 14.2 Å². The van der Waals surface area contributed by atoms with Crippen LogP contribution in [0, 0.1) is 0 Å². The van der Waals surface area contributed by atoms with Gasteiger partial charge in [0.1, 0.15) is 23.9 Å². The molecular formula is C24H20O4S. The molecule has 4 rings (SSSR count). The van der Waals surface area contributed by atoms with E-state index in [2.05, 4.69) is 0 Å². The van der Waals surface area contributed by atoms with Crippen molar-refractivity contribution in [2.45, 2.75) is 11.5 Å². The van der Waals surface area contributed by atoms with Gasteiger partial charge in [-0.1, -0.05) is 36.0 Å². The Morgan fingerprint density at radius 3 is 2.38 bits per heavy atom. The number of benzene rings is 3. The van der Waals surface area contributed by atoms with Crippen molar-refractivity contribution in [3.63, 3.8) is 0 Å². The second kappa shape index (κ2) is 8.45. The highest BCUT2D eigenvalue weighted by Crippen LogP contribution is 2.40. The summed E-state index contributed by atoms with van der Waals surface area (Å²) in [6.07, 6.45) is 1.92. The van der Waals surface area contributed by atoms with Crippen molar-refractivity contribution >= 4 is 23.6 Å². The average Bonchev–Trinajstić information content (AvgIpc) is 3.08. The van der Waals surface area contributed by atoms with Gasteiger partial charge in [0.05, 0.1) is 19.1 Å². The van der Waals surface area contributed by atoms with E-state index in [0.717, 1.165) is 43.7 Å². The first-order chi connectivity index (χ1) is 14.2. The summed E-state index contributed by atoms with van der Waals surface area (Å²) in [5.74, 6) is 2.33. The highest BCUT2D eigenvalue weighted by atomic mass is 32.2. The summed E-state index contributed by atoms with van der Waals surface area (Å²) in [5.41, 5.74) is 2.64. The minimum Gasteiger partial charge on any atom is -0.497 e. The lowest BCUT2D eigenvalue weighted by atomic mass is 10.1. The van der Waals surface area contributed by atoms with Gasteiger partial charge in [-0.05, 0) is 54.1 Å². The molecule has 0 saturated carbocycles. The summed E-state index contributed by atoms with van der Waals surface area (Å²) in [4.78, 5) is 14.3. The lowest BCUT2D eigenvalue weighted by Crippen LogP contribution is -1.99. The zero-order valence-corrected chi connectivity index (χ0v) is 17.0. The van der Waals surface area contributed by atoms with Crippen molar-refractivity contribution in [3.8, 4) is 17.2 Å². The number of ether oxygens (including phenoxy) is 3. The predicted molar refractivity (Wildman–Crippen MR) is 115 cm³/mol. The van der Waals surface area contributed by atoms with E-state index < -0.39 is 0 Å². The van der Waals surface area contributed by atoms with E-state index in [1.54, 1.807) is 14.2 Å². The van der Waals surface area contributed by atoms with Crippen LogP contribution in [0.2, 0.25) is 0 Å². The van der Waals surface area contributed by atoms with Crippen molar-refractivity contribution in [2.75, 3.05) is 14.2 Å². The molecule has 4 nitrogen and oxygen atoms in total. The molecule has 0 saturated heterocycles. The summed E-state index contributed by atoms with van der Waals surface area (Å²) in [6.45, 7) is 0.366. The van der Waals surface area contributed by atoms with Crippen LogP contribution in [0.5, 0.6) is 17.2 Å². The number of thioether (sulfide) groups is 1. The molecule has 0 bridgehead atoms. The van der Waals surface area contributed by atoms with Gasteiger partial charge in [-0.25, -0.2) is 0 Å². The molecule has 3 aromatic carbocycles. The molecule has 0 aliphatic carbocycles. The molecule has 0 N–H and O–H groups in total. The fourth-order valence-electron chi connectivity index (χ4n) is 3.10. The Bertz CT molecular complexity index is 1070. The van der Waals surface area contributed by atoms with Gasteiger partial charge in [0, 0.05) is 16.0 Å². The van der Waals surface area contributed by atoms with E-state index in [0.29, 0.717) is 6.61 Å². The van der Waals surface area contributed by atoms with Gasteiger partial charge in [-0.15, -0.1) is 0 Å². The predicted octanol–water partition coefficient (Wildman–Crippen LogP) is 5.61. The van der Waals surface area contributed by atoms with Crippen LogP contribution in [0.3, 0.4) is 0 Å². The maximum absolute atomic E-state index is 12.5. The first-order valence-electron chi connectivity index (χ1n) is 9.15. The van der Waals surface area contributed by atoms with Gasteiger partial charge in [0.15, 0.2) is 0 Å². The van der Waals surface area contributed by atoms with E-state index in [-0.39, 0.29) is 5.78 Å². The number of rotatable bonds is 6. The molecule has 1 aliphatic rings. The maximum Gasteiger partial charge on any atom is 0.200 e. The standard InChI is InChI=1S/C24H20O4S/c1-26-19-11-12-21(27-2)17(14-19)15-28-18-9-7-16(8-10-18)13-23-24(25)20-5-3-4-6-22(20)29-23/h3-14H,15H2,1-2H3/b23-13-. The molecule has 0 aromatic heterocycles. The molecule has 0 amide bonds. The summed E-state index contributed by atoms with van der Waals surface area (Å²) in [6, 6.07) is 21.0. The molecule has 0 unspecified atom stereocenters. The van der Waals surface area contributed by atoms with Crippen LogP contribution in [0.1, 0.15) is 21.5 Å². The minimum atomic E-state index is 0.0797. The zero-order chi connectivity index (χ0) is 20.2. The quantitative estimate of drug-likeness (QED) is 0.500. The fraction of sp³-hybridized carbons (Fsp3) is 0.125. The van der Waals surface area contributed by atoms with Gasteiger partial charge in [0.25, 0.3) is 0 Å². The zero-order valence-electron chi connectivity index (χ0n) is 16.2. The molecule has 1 aliphatic heterocycles. The molecule has 3 aromatic rings. The van der Waals surface area contributed by atoms with Crippen LogP contribution in [0.25, 0.3) is 6.08 Å². The maximum atomic E-state index is 12.5. The van der Waals surface area contributed by atoms with E-state index in [1.165, 1.54) is 11.8 Å². The van der Waals surface area contributed by atoms with Crippen molar-refractivity contribution in [2.24, 2.45) is 0 Å². The number of methoxy groups -OCH3 is 2. The van der Waals surface area contributed by atoms with E-state index in [1.807, 2.05) is 72.8 Å². The lowest BCUT2D eigenvalue weighted by Gasteiger charge is -2.12. The normalized spacial score (nSPS) is 14.0. The highest BCUT2D eigenvalue weighted by molar-refractivity contribution is 8.04. The Balaban J connectivity index is 1.45. The van der Waals surface area contributed by atoms with Crippen LogP contribution in [0.15, 0.2) is 76.5 Å². The molecule has 0 spiro atoms. The number of carbonyl (C=O) groups is 1.